The molecule has 4 heteroatoms. The van der Waals surface area contributed by atoms with Gasteiger partial charge in [-0.25, -0.2) is 4.98 Å². The Labute approximate surface area is 124 Å². The largest absolute Gasteiger partial charge is 0.378 e. The van der Waals surface area contributed by atoms with Crippen LogP contribution in [0, 0.1) is 0 Å². The summed E-state index contributed by atoms with van der Waals surface area (Å²) in [5.41, 5.74) is 2.07. The molecule has 0 atom stereocenters. The molecule has 2 heterocycles. The van der Waals surface area contributed by atoms with Gasteiger partial charge in [0.05, 0.1) is 18.7 Å². The Morgan fingerprint density at radius 3 is 2.95 bits per heavy atom. The molecule has 106 valence electrons. The van der Waals surface area contributed by atoms with Crippen molar-refractivity contribution in [3.8, 4) is 0 Å². The normalized spacial score (nSPS) is 19.4. The molecule has 1 aromatic carbocycles. The summed E-state index contributed by atoms with van der Waals surface area (Å²) < 4.78 is 5.56. The molecule has 1 saturated heterocycles. The maximum Gasteiger partial charge on any atom is 0.134 e. The highest BCUT2D eigenvalue weighted by molar-refractivity contribution is 6.30. The molecule has 20 heavy (non-hydrogen) atoms. The first-order valence-corrected chi connectivity index (χ1v) is 7.31. The molecule has 1 fully saturated rings. The second kappa shape index (κ2) is 5.32. The number of aromatic nitrogens is 1. The first-order chi connectivity index (χ1) is 9.56. The van der Waals surface area contributed by atoms with Crippen molar-refractivity contribution in [1.82, 2.24) is 9.88 Å². The molecule has 0 N–H and O–H groups in total. The Bertz CT molecular complexity index is 627. The molecule has 0 spiro atoms. The molecule has 0 bridgehead atoms. The molecule has 3 rings (SSSR count). The van der Waals surface area contributed by atoms with E-state index in [1.165, 1.54) is 0 Å². The Morgan fingerprint density at radius 1 is 1.35 bits per heavy atom. The summed E-state index contributed by atoms with van der Waals surface area (Å²) >= 11 is 6.35. The summed E-state index contributed by atoms with van der Waals surface area (Å²) in [5.74, 6) is 0. The van der Waals surface area contributed by atoms with Crippen LogP contribution in [0.3, 0.4) is 0 Å². The lowest BCUT2D eigenvalue weighted by Crippen LogP contribution is -2.52. The predicted molar refractivity (Wildman–Crippen MR) is 82.1 cm³/mol. The number of halogens is 1. The average molecular weight is 291 g/mol. The van der Waals surface area contributed by atoms with Crippen LogP contribution in [0.15, 0.2) is 30.3 Å². The van der Waals surface area contributed by atoms with Gasteiger partial charge in [0.25, 0.3) is 0 Å². The van der Waals surface area contributed by atoms with Crippen LogP contribution in [0.2, 0.25) is 5.15 Å². The second-order valence-corrected chi connectivity index (χ2v) is 6.28. The molecule has 3 nitrogen and oxygen atoms in total. The molecule has 1 aromatic heterocycles. The lowest BCUT2D eigenvalue weighted by molar-refractivity contribution is -0.0552. The van der Waals surface area contributed by atoms with Crippen LogP contribution in [-0.4, -0.2) is 35.2 Å². The topological polar surface area (TPSA) is 25.4 Å². The van der Waals surface area contributed by atoms with Crippen molar-refractivity contribution in [2.24, 2.45) is 0 Å². The summed E-state index contributed by atoms with van der Waals surface area (Å²) in [6, 6.07) is 10.2. The fourth-order valence-corrected chi connectivity index (χ4v) is 2.84. The number of rotatable bonds is 2. The summed E-state index contributed by atoms with van der Waals surface area (Å²) in [5, 5.41) is 1.74. The minimum Gasteiger partial charge on any atom is -0.378 e. The Balaban J connectivity index is 1.92. The van der Waals surface area contributed by atoms with E-state index in [4.69, 9.17) is 16.3 Å². The van der Waals surface area contributed by atoms with Crippen LogP contribution in [0.5, 0.6) is 0 Å². The molecule has 0 unspecified atom stereocenters. The lowest BCUT2D eigenvalue weighted by Gasteiger charge is -2.42. The standard InChI is InChI=1S/C16H19ClN2O/c1-16(2)11-20-8-7-19(16)10-13-9-12-5-3-4-6-14(12)18-15(13)17/h3-6,9H,7-8,10-11H2,1-2H3. The number of ether oxygens (including phenoxy) is 1. The molecule has 2 aromatic rings. The summed E-state index contributed by atoms with van der Waals surface area (Å²) in [6.45, 7) is 7.68. The maximum absolute atomic E-state index is 6.35. The van der Waals surface area contributed by atoms with Gasteiger partial charge in [-0.15, -0.1) is 0 Å². The molecule has 0 saturated carbocycles. The van der Waals surface area contributed by atoms with E-state index in [9.17, 15) is 0 Å². The Hall–Kier alpha value is -1.16. The first-order valence-electron chi connectivity index (χ1n) is 6.93. The van der Waals surface area contributed by atoms with Gasteiger partial charge in [0, 0.05) is 29.6 Å². The van der Waals surface area contributed by atoms with E-state index >= 15 is 0 Å². The Kier molecular flexibility index (Phi) is 3.67. The van der Waals surface area contributed by atoms with Crippen LogP contribution in [-0.2, 0) is 11.3 Å². The SMILES string of the molecule is CC1(C)COCCN1Cc1cc2ccccc2nc1Cl. The number of nitrogens with zero attached hydrogens (tertiary/aromatic N) is 2. The molecule has 1 aliphatic rings. The minimum absolute atomic E-state index is 0.0349. The van der Waals surface area contributed by atoms with Gasteiger partial charge in [0.15, 0.2) is 0 Å². The van der Waals surface area contributed by atoms with Crippen molar-refractivity contribution < 1.29 is 4.74 Å². The maximum atomic E-state index is 6.35. The summed E-state index contributed by atoms with van der Waals surface area (Å²) in [6.07, 6.45) is 0. The van der Waals surface area contributed by atoms with Crippen molar-refractivity contribution in [1.29, 1.82) is 0 Å². The van der Waals surface area contributed by atoms with Gasteiger partial charge in [0.2, 0.25) is 0 Å². The van der Waals surface area contributed by atoms with Gasteiger partial charge in [-0.2, -0.15) is 0 Å². The number of hydrogen-bond donors (Lipinski definition) is 0. The number of pyridine rings is 1. The zero-order chi connectivity index (χ0) is 14.2. The van der Waals surface area contributed by atoms with Gasteiger partial charge in [-0.3, -0.25) is 4.90 Å². The lowest BCUT2D eigenvalue weighted by atomic mass is 10.0. The minimum atomic E-state index is 0.0349. The number of para-hydroxylation sites is 1. The van der Waals surface area contributed by atoms with Crippen molar-refractivity contribution in [3.05, 3.63) is 41.0 Å². The number of hydrogen-bond acceptors (Lipinski definition) is 3. The van der Waals surface area contributed by atoms with E-state index in [1.54, 1.807) is 0 Å². The quantitative estimate of drug-likeness (QED) is 0.792. The van der Waals surface area contributed by atoms with E-state index < -0.39 is 0 Å². The zero-order valence-electron chi connectivity index (χ0n) is 11.9. The van der Waals surface area contributed by atoms with Gasteiger partial charge in [-0.05, 0) is 26.0 Å². The highest BCUT2D eigenvalue weighted by atomic mass is 35.5. The molecule has 0 aliphatic carbocycles. The van der Waals surface area contributed by atoms with Gasteiger partial charge < -0.3 is 4.74 Å². The van der Waals surface area contributed by atoms with Gasteiger partial charge >= 0.3 is 0 Å². The third kappa shape index (κ3) is 2.66. The highest BCUT2D eigenvalue weighted by Crippen LogP contribution is 2.26. The van der Waals surface area contributed by atoms with Crippen molar-refractivity contribution in [2.45, 2.75) is 25.9 Å². The Morgan fingerprint density at radius 2 is 2.15 bits per heavy atom. The van der Waals surface area contributed by atoms with E-state index in [0.717, 1.165) is 42.8 Å². The van der Waals surface area contributed by atoms with E-state index in [0.29, 0.717) is 5.15 Å². The van der Waals surface area contributed by atoms with E-state index in [1.807, 2.05) is 18.2 Å². The molecular formula is C16H19ClN2O. The number of morpholine rings is 1. The predicted octanol–water partition coefficient (Wildman–Crippen LogP) is 3.50. The third-order valence-corrected chi connectivity index (χ3v) is 4.26. The van der Waals surface area contributed by atoms with Crippen LogP contribution < -0.4 is 0 Å². The van der Waals surface area contributed by atoms with Crippen LogP contribution in [0.1, 0.15) is 19.4 Å². The van der Waals surface area contributed by atoms with Crippen molar-refractivity contribution in [2.75, 3.05) is 19.8 Å². The average Bonchev–Trinajstić information content (AvgIpc) is 2.41. The van der Waals surface area contributed by atoms with Gasteiger partial charge in [0.1, 0.15) is 5.15 Å². The summed E-state index contributed by atoms with van der Waals surface area (Å²) in [4.78, 5) is 6.91. The second-order valence-electron chi connectivity index (χ2n) is 5.92. The fourth-order valence-electron chi connectivity index (χ4n) is 2.64. The van der Waals surface area contributed by atoms with Crippen molar-refractivity contribution >= 4 is 22.5 Å². The highest BCUT2D eigenvalue weighted by Gasteiger charge is 2.30. The van der Waals surface area contributed by atoms with Crippen molar-refractivity contribution in [3.63, 3.8) is 0 Å². The first kappa shape index (κ1) is 13.8. The summed E-state index contributed by atoms with van der Waals surface area (Å²) in [7, 11) is 0. The zero-order valence-corrected chi connectivity index (χ0v) is 12.7. The number of fused-ring (bicyclic) bond motifs is 1. The smallest absolute Gasteiger partial charge is 0.134 e. The van der Waals surface area contributed by atoms with E-state index in [2.05, 4.69) is 35.9 Å². The van der Waals surface area contributed by atoms with Crippen LogP contribution >= 0.6 is 11.6 Å². The molecule has 1 aliphatic heterocycles. The fraction of sp³-hybridized carbons (Fsp3) is 0.438. The molecule has 0 radical (unpaired) electrons. The molecular weight excluding hydrogens is 272 g/mol. The molecule has 0 amide bonds. The third-order valence-electron chi connectivity index (χ3n) is 3.93. The van der Waals surface area contributed by atoms with Gasteiger partial charge in [-0.1, -0.05) is 29.8 Å². The monoisotopic (exact) mass is 290 g/mol. The van der Waals surface area contributed by atoms with E-state index in [-0.39, 0.29) is 5.54 Å². The van der Waals surface area contributed by atoms with Crippen LogP contribution in [0.4, 0.5) is 0 Å². The number of benzene rings is 1. The van der Waals surface area contributed by atoms with Crippen LogP contribution in [0.25, 0.3) is 10.9 Å².